The number of hydrogen-bond acceptors (Lipinski definition) is 0. The summed E-state index contributed by atoms with van der Waals surface area (Å²) in [5, 5.41) is 4.93. The van der Waals surface area contributed by atoms with Crippen LogP contribution in [-0.4, -0.2) is 14.1 Å². The van der Waals surface area contributed by atoms with E-state index in [0.29, 0.717) is 0 Å². The highest BCUT2D eigenvalue weighted by Gasteiger charge is 2.21. The van der Waals surface area contributed by atoms with Gasteiger partial charge in [0.05, 0.1) is 0 Å². The van der Waals surface area contributed by atoms with Gasteiger partial charge in [-0.15, -0.1) is 0 Å². The lowest BCUT2D eigenvalue weighted by Gasteiger charge is -2.21. The first-order valence-electron chi connectivity index (χ1n) is 12.1. The second kappa shape index (κ2) is 17.9. The van der Waals surface area contributed by atoms with E-state index in [4.69, 9.17) is 0 Å². The molecule has 0 radical (unpaired) electrons. The second-order valence-electron chi connectivity index (χ2n) is 8.79. The van der Waals surface area contributed by atoms with Crippen LogP contribution in [0.4, 0.5) is 0 Å². The van der Waals surface area contributed by atoms with Gasteiger partial charge in [0.15, 0.2) is 0 Å². The van der Waals surface area contributed by atoms with E-state index in [1.807, 2.05) is 0 Å². The normalized spacial score (nSPS) is 15.1. The SMILES string of the molecule is CCCC(CC)C[CH2][Al]([CH2]CC(CC)CCC)[CH2]CC(CC)CCC. The summed E-state index contributed by atoms with van der Waals surface area (Å²) < 4.78 is 0. The highest BCUT2D eigenvalue weighted by molar-refractivity contribution is 6.58. The highest BCUT2D eigenvalue weighted by Crippen LogP contribution is 2.28. The Balaban J connectivity index is 4.51. The fourth-order valence-electron chi connectivity index (χ4n) is 4.73. The van der Waals surface area contributed by atoms with Crippen LogP contribution in [0.15, 0.2) is 0 Å². The van der Waals surface area contributed by atoms with E-state index in [-0.39, 0.29) is 0 Å². The van der Waals surface area contributed by atoms with Gasteiger partial charge < -0.3 is 0 Å². The smallest absolute Gasteiger partial charge is 0.0936 e. The van der Waals surface area contributed by atoms with Crippen molar-refractivity contribution in [2.75, 3.05) is 0 Å². The Labute approximate surface area is 166 Å². The van der Waals surface area contributed by atoms with E-state index >= 15 is 0 Å². The third-order valence-corrected chi connectivity index (χ3v) is 10.2. The molecule has 0 aliphatic carbocycles. The zero-order valence-corrected chi connectivity index (χ0v) is 20.1. The van der Waals surface area contributed by atoms with Crippen molar-refractivity contribution in [2.24, 2.45) is 17.8 Å². The summed E-state index contributed by atoms with van der Waals surface area (Å²) in [6.45, 7) is 14.3. The minimum atomic E-state index is -0.519. The van der Waals surface area contributed by atoms with Crippen LogP contribution < -0.4 is 0 Å². The van der Waals surface area contributed by atoms with Gasteiger partial charge in [-0.05, 0) is 17.8 Å². The molecule has 0 bridgehead atoms. The fraction of sp³-hybridized carbons (Fsp3) is 1.00. The first-order valence-corrected chi connectivity index (χ1v) is 14.6. The quantitative estimate of drug-likeness (QED) is 0.212. The Morgan fingerprint density at radius 1 is 0.440 bits per heavy atom. The molecule has 0 N–H and O–H groups in total. The molecule has 3 unspecified atom stereocenters. The van der Waals surface area contributed by atoms with Gasteiger partial charge in [-0.2, -0.15) is 0 Å². The Bertz CT molecular complexity index is 220. The molecular weight excluding hydrogens is 315 g/mol. The van der Waals surface area contributed by atoms with Crippen molar-refractivity contribution < 1.29 is 0 Å². The summed E-state index contributed by atoms with van der Waals surface area (Å²) in [5.41, 5.74) is 0. The van der Waals surface area contributed by atoms with Crippen LogP contribution in [0.1, 0.15) is 119 Å². The van der Waals surface area contributed by atoms with Gasteiger partial charge in [0.2, 0.25) is 0 Å². The molecule has 0 spiro atoms. The van der Waals surface area contributed by atoms with Gasteiger partial charge in [0.25, 0.3) is 14.1 Å². The molecule has 0 aromatic carbocycles. The monoisotopic (exact) mass is 366 g/mol. The molecule has 0 saturated carbocycles. The molecule has 0 aliphatic heterocycles. The lowest BCUT2D eigenvalue weighted by molar-refractivity contribution is 0.434. The van der Waals surface area contributed by atoms with E-state index in [0.717, 1.165) is 17.8 Å². The molecule has 0 saturated heterocycles. The van der Waals surface area contributed by atoms with E-state index in [2.05, 4.69) is 41.5 Å². The summed E-state index contributed by atoms with van der Waals surface area (Å²) in [4.78, 5) is 0. The van der Waals surface area contributed by atoms with Crippen molar-refractivity contribution in [1.29, 1.82) is 0 Å². The van der Waals surface area contributed by atoms with Gasteiger partial charge in [-0.3, -0.25) is 0 Å². The van der Waals surface area contributed by atoms with Crippen LogP contribution in [0, 0.1) is 17.8 Å². The maximum atomic E-state index is 2.42. The Kier molecular flexibility index (Phi) is 18.3. The molecular formula is C24H51Al. The minimum Gasteiger partial charge on any atom is -0.0936 e. The maximum Gasteiger partial charge on any atom is 0.261 e. The molecule has 0 fully saturated rings. The van der Waals surface area contributed by atoms with E-state index < -0.39 is 14.1 Å². The molecule has 3 atom stereocenters. The van der Waals surface area contributed by atoms with Crippen LogP contribution in [-0.2, 0) is 0 Å². The Morgan fingerprint density at radius 3 is 0.920 bits per heavy atom. The first kappa shape index (κ1) is 25.5. The summed E-state index contributed by atoms with van der Waals surface area (Å²) in [6.07, 6.45) is 17.5. The number of rotatable bonds is 18. The molecule has 0 rings (SSSR count). The lowest BCUT2D eigenvalue weighted by atomic mass is 9.98. The van der Waals surface area contributed by atoms with E-state index in [9.17, 15) is 0 Å². The van der Waals surface area contributed by atoms with Crippen molar-refractivity contribution in [2.45, 2.75) is 134 Å². The molecule has 1 heteroatoms. The van der Waals surface area contributed by atoms with Crippen molar-refractivity contribution in [3.63, 3.8) is 0 Å². The van der Waals surface area contributed by atoms with Crippen molar-refractivity contribution >= 4 is 14.1 Å². The van der Waals surface area contributed by atoms with E-state index in [1.165, 1.54) is 57.8 Å². The van der Waals surface area contributed by atoms with Crippen LogP contribution in [0.2, 0.25) is 15.8 Å². The maximum absolute atomic E-state index is 2.42. The summed E-state index contributed by atoms with van der Waals surface area (Å²) in [7, 11) is 0. The second-order valence-corrected chi connectivity index (χ2v) is 12.3. The van der Waals surface area contributed by atoms with Gasteiger partial charge in [0, 0.05) is 0 Å². The largest absolute Gasteiger partial charge is 0.261 e. The summed E-state index contributed by atoms with van der Waals surface area (Å²) >= 11 is -0.519. The molecule has 0 heterocycles. The van der Waals surface area contributed by atoms with Gasteiger partial charge in [0.1, 0.15) is 0 Å². The summed E-state index contributed by atoms with van der Waals surface area (Å²) in [6, 6.07) is 0. The third kappa shape index (κ3) is 13.4. The molecule has 0 aliphatic rings. The standard InChI is InChI=1S/3C8H17.Al/c3*1-4-7-8(5-2)6-3;/h3*8H,2,4-7H2,1,3H3;. The predicted molar refractivity (Wildman–Crippen MR) is 120 cm³/mol. The van der Waals surface area contributed by atoms with Crippen molar-refractivity contribution in [3.05, 3.63) is 0 Å². The zero-order chi connectivity index (χ0) is 18.9. The topological polar surface area (TPSA) is 0 Å². The van der Waals surface area contributed by atoms with Crippen LogP contribution >= 0.6 is 0 Å². The van der Waals surface area contributed by atoms with Gasteiger partial charge in [-0.25, -0.2) is 0 Å². The lowest BCUT2D eigenvalue weighted by Crippen LogP contribution is -2.17. The molecule has 25 heavy (non-hydrogen) atoms. The van der Waals surface area contributed by atoms with Gasteiger partial charge in [-0.1, -0.05) is 134 Å². The Morgan fingerprint density at radius 2 is 0.720 bits per heavy atom. The summed E-state index contributed by atoms with van der Waals surface area (Å²) in [5.74, 6) is 3.07. The number of hydrogen-bond donors (Lipinski definition) is 0. The molecule has 150 valence electrons. The molecule has 0 aromatic rings. The van der Waals surface area contributed by atoms with Crippen LogP contribution in [0.3, 0.4) is 0 Å². The average Bonchev–Trinajstić information content (AvgIpc) is 2.63. The van der Waals surface area contributed by atoms with Crippen molar-refractivity contribution in [3.8, 4) is 0 Å². The minimum absolute atomic E-state index is 0.519. The fourth-order valence-corrected chi connectivity index (χ4v) is 8.42. The van der Waals surface area contributed by atoms with Crippen LogP contribution in [0.5, 0.6) is 0 Å². The van der Waals surface area contributed by atoms with Crippen LogP contribution in [0.25, 0.3) is 0 Å². The molecule has 0 nitrogen and oxygen atoms in total. The average molecular weight is 367 g/mol. The van der Waals surface area contributed by atoms with Gasteiger partial charge >= 0.3 is 0 Å². The van der Waals surface area contributed by atoms with Crippen molar-refractivity contribution in [1.82, 2.24) is 0 Å². The Hall–Kier alpha value is 0.532. The molecule has 0 aromatic heterocycles. The predicted octanol–water partition coefficient (Wildman–Crippen LogP) is 9.13. The zero-order valence-electron chi connectivity index (χ0n) is 18.9. The van der Waals surface area contributed by atoms with E-state index in [1.54, 1.807) is 35.1 Å². The molecule has 0 amide bonds. The first-order chi connectivity index (χ1) is 12.1. The highest BCUT2D eigenvalue weighted by atomic mass is 27.2. The third-order valence-electron chi connectivity index (χ3n) is 6.77.